The van der Waals surface area contributed by atoms with Gasteiger partial charge in [-0.05, 0) is 24.3 Å². The summed E-state index contributed by atoms with van der Waals surface area (Å²) in [5.41, 5.74) is 0.958. The molecule has 6 heteroatoms. The lowest BCUT2D eigenvalue weighted by atomic mass is 10.0. The molecule has 0 aliphatic rings. The minimum absolute atomic E-state index is 0.107. The molecular formula is C20H15NO4S. The number of carbonyl (C=O) groups excluding carboxylic acids is 2. The Morgan fingerprint density at radius 1 is 1.04 bits per heavy atom. The summed E-state index contributed by atoms with van der Waals surface area (Å²) in [5.74, 6) is -0.617. The van der Waals surface area contributed by atoms with E-state index in [1.807, 2.05) is 6.07 Å². The van der Waals surface area contributed by atoms with Crippen LogP contribution in [0.25, 0.3) is 0 Å². The van der Waals surface area contributed by atoms with E-state index in [-0.39, 0.29) is 17.1 Å². The van der Waals surface area contributed by atoms with Crippen molar-refractivity contribution in [3.8, 4) is 5.75 Å². The molecule has 3 aromatic rings. The third-order valence-corrected chi connectivity index (χ3v) is 4.47. The maximum Gasteiger partial charge on any atom is 0.341 e. The molecule has 0 bridgehead atoms. The molecule has 0 amide bonds. The summed E-state index contributed by atoms with van der Waals surface area (Å²) in [4.78, 5) is 28.4. The van der Waals surface area contributed by atoms with E-state index in [4.69, 9.17) is 4.74 Å². The van der Waals surface area contributed by atoms with E-state index < -0.39 is 12.1 Å². The quantitative estimate of drug-likeness (QED) is 0.313. The van der Waals surface area contributed by atoms with E-state index in [1.54, 1.807) is 41.8 Å². The third kappa shape index (κ3) is 3.93. The van der Waals surface area contributed by atoms with Crippen LogP contribution in [-0.4, -0.2) is 21.8 Å². The van der Waals surface area contributed by atoms with Crippen LogP contribution in [0.1, 0.15) is 27.0 Å². The number of aliphatic hydroxyl groups is 1. The average Bonchev–Trinajstić information content (AvgIpc) is 3.22. The molecule has 1 aromatic heterocycles. The fourth-order valence-electron chi connectivity index (χ4n) is 2.23. The Bertz CT molecular complexity index is 918. The number of rotatable bonds is 6. The minimum atomic E-state index is -1.21. The number of hydrogen-bond donors (Lipinski definition) is 1. The van der Waals surface area contributed by atoms with Crippen LogP contribution >= 0.6 is 11.3 Å². The smallest absolute Gasteiger partial charge is 0.341 e. The number of ether oxygens (including phenoxy) is 1. The van der Waals surface area contributed by atoms with Crippen molar-refractivity contribution in [1.29, 1.82) is 0 Å². The normalized spacial score (nSPS) is 11.6. The van der Waals surface area contributed by atoms with Crippen molar-refractivity contribution in [3.05, 3.63) is 94.5 Å². The number of thiazole rings is 1. The zero-order valence-electron chi connectivity index (χ0n) is 13.7. The van der Waals surface area contributed by atoms with Crippen LogP contribution in [0.3, 0.4) is 0 Å². The second-order valence-electron chi connectivity index (χ2n) is 5.41. The molecule has 0 aliphatic carbocycles. The molecule has 1 unspecified atom stereocenters. The summed E-state index contributed by atoms with van der Waals surface area (Å²) in [5, 5.41) is 12.1. The maximum absolute atomic E-state index is 12.3. The average molecular weight is 365 g/mol. The number of carbonyl (C=O) groups is 2. The molecule has 0 fully saturated rings. The zero-order valence-corrected chi connectivity index (χ0v) is 14.5. The van der Waals surface area contributed by atoms with Gasteiger partial charge in [0.1, 0.15) is 16.9 Å². The van der Waals surface area contributed by atoms with Gasteiger partial charge in [0.25, 0.3) is 0 Å². The van der Waals surface area contributed by atoms with Crippen molar-refractivity contribution in [2.45, 2.75) is 6.10 Å². The van der Waals surface area contributed by atoms with Gasteiger partial charge in [0.2, 0.25) is 0 Å². The first-order valence-corrected chi connectivity index (χ1v) is 8.62. The summed E-state index contributed by atoms with van der Waals surface area (Å²) in [7, 11) is 0. The summed E-state index contributed by atoms with van der Waals surface area (Å²) in [6, 6.07) is 15.1. The standard InChI is InChI=1S/C20H15NO4S/c1-13(17(22)19-21-11-12-26-19)20(24)25-16-9-7-15(8-10-16)18(23)14-5-3-2-4-6-14/h2-12,17,22H,1H2. The van der Waals surface area contributed by atoms with Crippen molar-refractivity contribution >= 4 is 23.1 Å². The number of aromatic nitrogens is 1. The molecule has 3 rings (SSSR count). The second-order valence-corrected chi connectivity index (χ2v) is 6.33. The van der Waals surface area contributed by atoms with Gasteiger partial charge in [-0.2, -0.15) is 0 Å². The van der Waals surface area contributed by atoms with Crippen LogP contribution < -0.4 is 4.74 Å². The van der Waals surface area contributed by atoms with Crippen LogP contribution in [0.5, 0.6) is 5.75 Å². The van der Waals surface area contributed by atoms with Crippen molar-refractivity contribution in [3.63, 3.8) is 0 Å². The Labute approximate surface area is 154 Å². The fraction of sp³-hybridized carbons (Fsp3) is 0.0500. The van der Waals surface area contributed by atoms with Gasteiger partial charge >= 0.3 is 5.97 Å². The van der Waals surface area contributed by atoms with Crippen molar-refractivity contribution < 1.29 is 19.4 Å². The van der Waals surface area contributed by atoms with E-state index in [2.05, 4.69) is 11.6 Å². The Morgan fingerprint density at radius 2 is 1.69 bits per heavy atom. The lowest BCUT2D eigenvalue weighted by Crippen LogP contribution is -2.16. The Morgan fingerprint density at radius 3 is 2.31 bits per heavy atom. The maximum atomic E-state index is 12.3. The number of ketones is 1. The van der Waals surface area contributed by atoms with E-state index in [9.17, 15) is 14.7 Å². The van der Waals surface area contributed by atoms with Gasteiger partial charge in [0.05, 0.1) is 5.57 Å². The van der Waals surface area contributed by atoms with Crippen LogP contribution in [0.2, 0.25) is 0 Å². The Balaban J connectivity index is 1.66. The lowest BCUT2D eigenvalue weighted by molar-refractivity contribution is -0.131. The van der Waals surface area contributed by atoms with Gasteiger partial charge in [-0.15, -0.1) is 11.3 Å². The van der Waals surface area contributed by atoms with Crippen molar-refractivity contribution in [2.24, 2.45) is 0 Å². The first kappa shape index (κ1) is 17.7. The van der Waals surface area contributed by atoms with Gasteiger partial charge in [-0.3, -0.25) is 4.79 Å². The first-order valence-electron chi connectivity index (χ1n) is 7.74. The Kier molecular flexibility index (Phi) is 5.36. The number of nitrogens with zero attached hydrogens (tertiary/aromatic N) is 1. The molecule has 0 saturated heterocycles. The van der Waals surface area contributed by atoms with Gasteiger partial charge in [-0.25, -0.2) is 9.78 Å². The fourth-order valence-corrected chi connectivity index (χ4v) is 2.89. The summed E-state index contributed by atoms with van der Waals surface area (Å²) in [6.07, 6.45) is 0.325. The van der Waals surface area contributed by atoms with Crippen LogP contribution in [0, 0.1) is 0 Å². The highest BCUT2D eigenvalue weighted by Crippen LogP contribution is 2.24. The molecule has 5 nitrogen and oxygen atoms in total. The molecule has 0 radical (unpaired) electrons. The number of aliphatic hydroxyl groups excluding tert-OH is 1. The molecule has 0 aliphatic heterocycles. The molecule has 1 N–H and O–H groups in total. The zero-order chi connectivity index (χ0) is 18.5. The highest BCUT2D eigenvalue weighted by atomic mass is 32.1. The molecular weight excluding hydrogens is 350 g/mol. The van der Waals surface area contributed by atoms with Crippen LogP contribution in [0.4, 0.5) is 0 Å². The molecule has 26 heavy (non-hydrogen) atoms. The van der Waals surface area contributed by atoms with E-state index >= 15 is 0 Å². The molecule has 0 saturated carbocycles. The summed E-state index contributed by atoms with van der Waals surface area (Å²) in [6.45, 7) is 3.58. The van der Waals surface area contributed by atoms with E-state index in [0.717, 1.165) is 0 Å². The predicted molar refractivity (Wildman–Crippen MR) is 98.2 cm³/mol. The van der Waals surface area contributed by atoms with E-state index in [1.165, 1.54) is 29.7 Å². The van der Waals surface area contributed by atoms with Gasteiger partial charge in [0, 0.05) is 22.7 Å². The SMILES string of the molecule is C=C(C(=O)Oc1ccc(C(=O)c2ccccc2)cc1)C(O)c1nccs1. The van der Waals surface area contributed by atoms with Crippen molar-refractivity contribution in [1.82, 2.24) is 4.98 Å². The first-order chi connectivity index (χ1) is 12.6. The Hall–Kier alpha value is -3.09. The molecule has 130 valence electrons. The minimum Gasteiger partial charge on any atom is -0.423 e. The second kappa shape index (κ2) is 7.86. The predicted octanol–water partition coefficient (Wildman–Crippen LogP) is 3.57. The van der Waals surface area contributed by atoms with Crippen LogP contribution in [0.15, 0.2) is 78.3 Å². The number of esters is 1. The molecule has 1 heterocycles. The summed E-state index contributed by atoms with van der Waals surface area (Å²) < 4.78 is 5.20. The van der Waals surface area contributed by atoms with Gasteiger partial charge in [0.15, 0.2) is 5.78 Å². The number of hydrogen-bond acceptors (Lipinski definition) is 6. The topological polar surface area (TPSA) is 76.5 Å². The third-order valence-electron chi connectivity index (χ3n) is 3.64. The highest BCUT2D eigenvalue weighted by molar-refractivity contribution is 7.09. The number of benzene rings is 2. The molecule has 0 spiro atoms. The van der Waals surface area contributed by atoms with Crippen molar-refractivity contribution in [2.75, 3.05) is 0 Å². The lowest BCUT2D eigenvalue weighted by Gasteiger charge is -2.11. The molecule has 2 aromatic carbocycles. The largest absolute Gasteiger partial charge is 0.423 e. The van der Waals surface area contributed by atoms with Gasteiger partial charge in [-0.1, -0.05) is 36.9 Å². The van der Waals surface area contributed by atoms with E-state index in [0.29, 0.717) is 16.1 Å². The summed E-state index contributed by atoms with van der Waals surface area (Å²) >= 11 is 1.22. The van der Waals surface area contributed by atoms with Gasteiger partial charge < -0.3 is 9.84 Å². The van der Waals surface area contributed by atoms with Crippen LogP contribution in [-0.2, 0) is 4.79 Å². The molecule has 1 atom stereocenters. The monoisotopic (exact) mass is 365 g/mol. The highest BCUT2D eigenvalue weighted by Gasteiger charge is 2.22.